The Hall–Kier alpha value is -4.14. The second kappa shape index (κ2) is 7.52. The van der Waals surface area contributed by atoms with E-state index in [9.17, 15) is 18.0 Å². The first-order valence-electron chi connectivity index (χ1n) is 9.66. The summed E-state index contributed by atoms with van der Waals surface area (Å²) in [5, 5.41) is 0. The monoisotopic (exact) mass is 436 g/mol. The maximum absolute atomic E-state index is 13.3. The number of aromatic amines is 1. The number of nitrogens with zero attached hydrogens (tertiary/aromatic N) is 3. The summed E-state index contributed by atoms with van der Waals surface area (Å²) in [6.45, 7) is 0. The van der Waals surface area contributed by atoms with Gasteiger partial charge in [0.1, 0.15) is 17.1 Å². The minimum Gasteiger partial charge on any atom is -0.469 e. The predicted octanol–water partition coefficient (Wildman–Crippen LogP) is 4.93. The van der Waals surface area contributed by atoms with E-state index >= 15 is 0 Å². The van der Waals surface area contributed by atoms with Crippen molar-refractivity contribution in [3.05, 3.63) is 101 Å². The Balaban J connectivity index is 1.74. The van der Waals surface area contributed by atoms with Crippen LogP contribution in [-0.4, -0.2) is 19.5 Å². The molecule has 1 aromatic carbocycles. The topological polar surface area (TPSA) is 76.7 Å². The molecule has 3 aromatic rings. The molecule has 0 radical (unpaired) electrons. The molecule has 5 rings (SSSR count). The van der Waals surface area contributed by atoms with E-state index in [1.165, 1.54) is 16.9 Å². The van der Waals surface area contributed by atoms with Crippen LogP contribution in [-0.2, 0) is 12.6 Å². The Morgan fingerprint density at radius 3 is 2.56 bits per heavy atom. The Labute approximate surface area is 179 Å². The first-order valence-corrected chi connectivity index (χ1v) is 9.66. The quantitative estimate of drug-likeness (QED) is 0.433. The Bertz CT molecular complexity index is 1400. The second-order valence-electron chi connectivity index (χ2n) is 7.15. The summed E-state index contributed by atoms with van der Waals surface area (Å²) >= 11 is 0. The van der Waals surface area contributed by atoms with Gasteiger partial charge in [-0.1, -0.05) is 30.3 Å². The molecule has 0 fully saturated rings. The molecule has 0 saturated carbocycles. The summed E-state index contributed by atoms with van der Waals surface area (Å²) in [5.41, 5.74) is 0.640. The van der Waals surface area contributed by atoms with Gasteiger partial charge < -0.3 is 9.40 Å². The highest BCUT2D eigenvalue weighted by Crippen LogP contribution is 2.33. The average Bonchev–Trinajstić information content (AvgIpc) is 3.42. The Kier molecular flexibility index (Phi) is 4.66. The van der Waals surface area contributed by atoms with Gasteiger partial charge in [-0.05, 0) is 29.8 Å². The number of furan rings is 1. The van der Waals surface area contributed by atoms with E-state index in [4.69, 9.17) is 4.42 Å². The van der Waals surface area contributed by atoms with Crippen LogP contribution >= 0.6 is 0 Å². The van der Waals surface area contributed by atoms with Crippen LogP contribution in [0.2, 0.25) is 0 Å². The molecular formula is C23H15F3N4O2. The van der Waals surface area contributed by atoms with Gasteiger partial charge in [-0.15, -0.1) is 0 Å². The highest BCUT2D eigenvalue weighted by Gasteiger charge is 2.33. The van der Waals surface area contributed by atoms with Crippen LogP contribution in [0.3, 0.4) is 0 Å². The smallest absolute Gasteiger partial charge is 0.433 e. The lowest BCUT2D eigenvalue weighted by Crippen LogP contribution is -2.17. The Morgan fingerprint density at radius 1 is 1.03 bits per heavy atom. The molecule has 9 heteroatoms. The zero-order chi connectivity index (χ0) is 22.3. The summed E-state index contributed by atoms with van der Waals surface area (Å²) < 4.78 is 46.5. The van der Waals surface area contributed by atoms with E-state index in [0.717, 1.165) is 17.8 Å². The van der Waals surface area contributed by atoms with Gasteiger partial charge in [0.05, 0.1) is 24.1 Å². The van der Waals surface area contributed by atoms with E-state index in [1.807, 2.05) is 30.3 Å². The first-order chi connectivity index (χ1) is 15.4. The minimum absolute atomic E-state index is 0.164. The SMILES string of the molecule is O=c1c(Cc2ccco2)nc2c(-c3ccnc(C(F)(F)F)c3)[nH]c(-c3ccccc3)cn1-2. The fraction of sp³-hybridized carbons (Fsp3) is 0.0870. The molecule has 1 N–H and O–H groups in total. The third-order valence-corrected chi connectivity index (χ3v) is 5.02. The van der Waals surface area contributed by atoms with E-state index in [0.29, 0.717) is 11.5 Å². The molecule has 6 nitrogen and oxygen atoms in total. The van der Waals surface area contributed by atoms with Crippen LogP contribution in [0.15, 0.2) is 82.5 Å². The van der Waals surface area contributed by atoms with Gasteiger partial charge in [-0.25, -0.2) is 4.98 Å². The van der Waals surface area contributed by atoms with Crippen LogP contribution < -0.4 is 5.56 Å². The van der Waals surface area contributed by atoms with Gasteiger partial charge in [-0.2, -0.15) is 13.2 Å². The van der Waals surface area contributed by atoms with Gasteiger partial charge in [0.15, 0.2) is 5.82 Å². The van der Waals surface area contributed by atoms with E-state index in [1.54, 1.807) is 18.3 Å². The second-order valence-corrected chi connectivity index (χ2v) is 7.15. The van der Waals surface area contributed by atoms with Crippen molar-refractivity contribution < 1.29 is 17.6 Å². The molecule has 2 aliphatic heterocycles. The van der Waals surface area contributed by atoms with E-state index in [-0.39, 0.29) is 34.7 Å². The number of hydrogen-bond donors (Lipinski definition) is 1. The largest absolute Gasteiger partial charge is 0.469 e. The number of aromatic nitrogens is 4. The van der Waals surface area contributed by atoms with Crippen molar-refractivity contribution >= 4 is 0 Å². The lowest BCUT2D eigenvalue weighted by atomic mass is 10.1. The first kappa shape index (κ1) is 19.8. The van der Waals surface area contributed by atoms with Crippen LogP contribution in [0.1, 0.15) is 17.1 Å². The summed E-state index contributed by atoms with van der Waals surface area (Å²) in [6.07, 6.45) is -0.258. The summed E-state index contributed by atoms with van der Waals surface area (Å²) in [5.74, 6) is 0.776. The highest BCUT2D eigenvalue weighted by atomic mass is 19.4. The molecule has 2 aromatic heterocycles. The lowest BCUT2D eigenvalue weighted by Gasteiger charge is -2.14. The molecule has 0 amide bonds. The third-order valence-electron chi connectivity index (χ3n) is 5.02. The number of alkyl halides is 3. The van der Waals surface area contributed by atoms with Gasteiger partial charge in [-0.3, -0.25) is 14.3 Å². The van der Waals surface area contributed by atoms with E-state index in [2.05, 4.69) is 15.0 Å². The van der Waals surface area contributed by atoms with Gasteiger partial charge in [0.2, 0.25) is 0 Å². The fourth-order valence-electron chi connectivity index (χ4n) is 3.51. The van der Waals surface area contributed by atoms with Crippen molar-refractivity contribution in [1.29, 1.82) is 0 Å². The standard InChI is InChI=1S/C23H15F3N4O2/c24-23(25,26)19-11-15(8-9-27-19)20-21-29-17(12-16-7-4-10-32-16)22(31)30(21)13-18(28-20)14-5-2-1-3-6-14/h1-11,13,28H,12H2. The van der Waals surface area contributed by atoms with Crippen molar-refractivity contribution in [3.8, 4) is 28.3 Å². The molecule has 32 heavy (non-hydrogen) atoms. The normalized spacial score (nSPS) is 11.8. The summed E-state index contributed by atoms with van der Waals surface area (Å²) in [4.78, 5) is 24.1. The minimum atomic E-state index is -4.60. The summed E-state index contributed by atoms with van der Waals surface area (Å²) in [7, 11) is 0. The molecule has 0 bridgehead atoms. The van der Waals surface area contributed by atoms with Crippen molar-refractivity contribution in [3.63, 3.8) is 0 Å². The molecule has 4 heterocycles. The van der Waals surface area contributed by atoms with Crippen LogP contribution in [0, 0.1) is 0 Å². The zero-order valence-electron chi connectivity index (χ0n) is 16.4. The molecule has 0 unspecified atom stereocenters. The molecule has 0 aliphatic carbocycles. The molecule has 160 valence electrons. The number of halogens is 3. The van der Waals surface area contributed by atoms with Crippen LogP contribution in [0.25, 0.3) is 28.3 Å². The molecule has 0 atom stereocenters. The molecule has 0 spiro atoms. The maximum atomic E-state index is 13.3. The number of benzene rings is 1. The zero-order valence-corrected chi connectivity index (χ0v) is 16.4. The van der Waals surface area contributed by atoms with Crippen LogP contribution in [0.4, 0.5) is 13.2 Å². The fourth-order valence-corrected chi connectivity index (χ4v) is 3.51. The molecular weight excluding hydrogens is 421 g/mol. The number of imidazole rings is 1. The number of nitrogens with one attached hydrogen (secondary N) is 1. The van der Waals surface area contributed by atoms with Gasteiger partial charge in [0.25, 0.3) is 5.56 Å². The number of hydrogen-bond acceptors (Lipinski definition) is 4. The van der Waals surface area contributed by atoms with Crippen LogP contribution in [0.5, 0.6) is 0 Å². The van der Waals surface area contributed by atoms with Crippen molar-refractivity contribution in [2.24, 2.45) is 0 Å². The number of rotatable bonds is 4. The lowest BCUT2D eigenvalue weighted by molar-refractivity contribution is -0.141. The average molecular weight is 436 g/mol. The third kappa shape index (κ3) is 3.58. The Morgan fingerprint density at radius 2 is 1.84 bits per heavy atom. The number of fused-ring (bicyclic) bond motifs is 1. The van der Waals surface area contributed by atoms with E-state index < -0.39 is 11.9 Å². The predicted molar refractivity (Wildman–Crippen MR) is 111 cm³/mol. The van der Waals surface area contributed by atoms with Crippen molar-refractivity contribution in [2.45, 2.75) is 12.6 Å². The maximum Gasteiger partial charge on any atom is 0.433 e. The highest BCUT2D eigenvalue weighted by molar-refractivity contribution is 5.72. The molecule has 0 saturated heterocycles. The summed E-state index contributed by atoms with van der Waals surface area (Å²) in [6, 6.07) is 15.0. The number of pyridine rings is 1. The van der Waals surface area contributed by atoms with Crippen molar-refractivity contribution in [2.75, 3.05) is 0 Å². The molecule has 2 aliphatic rings. The van der Waals surface area contributed by atoms with Crippen molar-refractivity contribution in [1.82, 2.24) is 19.5 Å². The number of H-pyrrole nitrogens is 1. The van der Waals surface area contributed by atoms with Gasteiger partial charge >= 0.3 is 6.18 Å². The van der Waals surface area contributed by atoms with Gasteiger partial charge in [0, 0.05) is 18.0 Å².